The largest absolute Gasteiger partial charge is 0.339 e. The van der Waals surface area contributed by atoms with E-state index in [1.807, 2.05) is 24.0 Å². The molecule has 0 saturated carbocycles. The fraction of sp³-hybridized carbons (Fsp3) is 0.480. The Morgan fingerprint density at radius 2 is 1.68 bits per heavy atom. The van der Waals surface area contributed by atoms with Gasteiger partial charge in [-0.2, -0.15) is 0 Å². The monoisotopic (exact) mass is 423 g/mol. The summed E-state index contributed by atoms with van der Waals surface area (Å²) in [4.78, 5) is 34.6. The van der Waals surface area contributed by atoms with Crippen molar-refractivity contribution in [3.63, 3.8) is 0 Å². The van der Waals surface area contributed by atoms with Gasteiger partial charge in [0.05, 0.1) is 16.8 Å². The Morgan fingerprint density at radius 3 is 2.39 bits per heavy atom. The molecule has 6 heteroatoms. The van der Waals surface area contributed by atoms with Crippen molar-refractivity contribution in [2.45, 2.75) is 57.9 Å². The molecule has 5 nitrogen and oxygen atoms in total. The molecule has 2 aliphatic rings. The molecular formula is C25H30FN3O2. The van der Waals surface area contributed by atoms with Crippen LogP contribution in [0, 0.1) is 12.7 Å². The molecule has 0 aliphatic carbocycles. The lowest BCUT2D eigenvalue weighted by molar-refractivity contribution is 0.0627. The fourth-order valence-corrected chi connectivity index (χ4v) is 4.78. The molecule has 2 aliphatic heterocycles. The van der Waals surface area contributed by atoms with Gasteiger partial charge in [0, 0.05) is 37.3 Å². The van der Waals surface area contributed by atoms with E-state index in [1.165, 1.54) is 18.6 Å². The fourth-order valence-electron chi connectivity index (χ4n) is 4.78. The lowest BCUT2D eigenvalue weighted by Crippen LogP contribution is -2.43. The number of halogens is 1. The van der Waals surface area contributed by atoms with Crippen molar-refractivity contribution in [3.8, 4) is 0 Å². The molecule has 1 atom stereocenters. The number of carbonyl (C=O) groups is 2. The van der Waals surface area contributed by atoms with Gasteiger partial charge in [-0.05, 0) is 70.2 Å². The normalized spacial score (nSPS) is 20.0. The number of piperidine rings is 2. The summed E-state index contributed by atoms with van der Waals surface area (Å²) in [5.41, 5.74) is 2.55. The molecule has 0 spiro atoms. The first-order valence-electron chi connectivity index (χ1n) is 11.3. The highest BCUT2D eigenvalue weighted by Crippen LogP contribution is 2.31. The number of rotatable bonds is 3. The van der Waals surface area contributed by atoms with Crippen LogP contribution in [0.4, 0.5) is 4.39 Å². The number of nitrogens with zero attached hydrogens (tertiary/aromatic N) is 3. The van der Waals surface area contributed by atoms with Gasteiger partial charge in [-0.1, -0.05) is 12.1 Å². The number of hydrogen-bond acceptors (Lipinski definition) is 3. The van der Waals surface area contributed by atoms with Crippen LogP contribution in [0.2, 0.25) is 0 Å². The second-order valence-corrected chi connectivity index (χ2v) is 8.78. The SMILES string of the molecule is Cc1ccc(C(=O)N2CCCCC2C)c(C2CCN(C(=O)c3ccccc3F)CC2)n1. The second-order valence-electron chi connectivity index (χ2n) is 8.78. The van der Waals surface area contributed by atoms with Crippen molar-refractivity contribution >= 4 is 11.8 Å². The molecule has 2 aromatic rings. The zero-order chi connectivity index (χ0) is 22.0. The van der Waals surface area contributed by atoms with Gasteiger partial charge < -0.3 is 9.80 Å². The number of benzene rings is 1. The molecular weight excluding hydrogens is 393 g/mol. The van der Waals surface area contributed by atoms with E-state index < -0.39 is 5.82 Å². The number of pyridine rings is 1. The zero-order valence-corrected chi connectivity index (χ0v) is 18.3. The van der Waals surface area contributed by atoms with Crippen LogP contribution in [0.25, 0.3) is 0 Å². The number of aromatic nitrogens is 1. The van der Waals surface area contributed by atoms with Crippen LogP contribution in [0.1, 0.15) is 77.0 Å². The van der Waals surface area contributed by atoms with Crippen molar-refractivity contribution in [1.29, 1.82) is 0 Å². The number of likely N-dealkylation sites (tertiary alicyclic amines) is 2. The Bertz CT molecular complexity index is 969. The standard InChI is InChI=1S/C25H30FN3O2/c1-17-10-11-21(25(31)29-14-6-5-7-18(29)2)23(27-17)19-12-15-28(16-13-19)24(30)20-8-3-4-9-22(20)26/h3-4,8-11,18-19H,5-7,12-16H2,1-2H3. The van der Waals surface area contributed by atoms with Crippen molar-refractivity contribution in [2.75, 3.05) is 19.6 Å². The molecule has 4 rings (SSSR count). The van der Waals surface area contributed by atoms with E-state index >= 15 is 0 Å². The highest BCUT2D eigenvalue weighted by molar-refractivity contribution is 5.96. The first-order valence-corrected chi connectivity index (χ1v) is 11.3. The summed E-state index contributed by atoms with van der Waals surface area (Å²) in [6.45, 7) is 5.91. The van der Waals surface area contributed by atoms with Crippen LogP contribution in [-0.2, 0) is 0 Å². The van der Waals surface area contributed by atoms with Crippen LogP contribution in [-0.4, -0.2) is 52.3 Å². The molecule has 2 amide bonds. The lowest BCUT2D eigenvalue weighted by Gasteiger charge is -2.35. The van der Waals surface area contributed by atoms with Crippen molar-refractivity contribution in [1.82, 2.24) is 14.8 Å². The third-order valence-corrected chi connectivity index (χ3v) is 6.63. The number of amides is 2. The highest BCUT2D eigenvalue weighted by atomic mass is 19.1. The summed E-state index contributed by atoms with van der Waals surface area (Å²) in [6, 6.07) is 10.2. The summed E-state index contributed by atoms with van der Waals surface area (Å²) in [5, 5.41) is 0. The van der Waals surface area contributed by atoms with E-state index in [1.54, 1.807) is 17.0 Å². The van der Waals surface area contributed by atoms with Gasteiger partial charge in [0.2, 0.25) is 0 Å². The Morgan fingerprint density at radius 1 is 0.935 bits per heavy atom. The minimum absolute atomic E-state index is 0.0690. The van der Waals surface area contributed by atoms with E-state index in [-0.39, 0.29) is 29.3 Å². The summed E-state index contributed by atoms with van der Waals surface area (Å²) in [6.07, 6.45) is 4.68. The van der Waals surface area contributed by atoms with E-state index in [0.29, 0.717) is 31.5 Å². The van der Waals surface area contributed by atoms with Gasteiger partial charge >= 0.3 is 0 Å². The second kappa shape index (κ2) is 9.16. The molecule has 0 radical (unpaired) electrons. The number of aryl methyl sites for hydroxylation is 1. The van der Waals surface area contributed by atoms with Gasteiger partial charge in [0.25, 0.3) is 11.8 Å². The number of hydrogen-bond donors (Lipinski definition) is 0. The molecule has 2 fully saturated rings. The van der Waals surface area contributed by atoms with Crippen LogP contribution in [0.3, 0.4) is 0 Å². The average Bonchev–Trinajstić information content (AvgIpc) is 2.79. The van der Waals surface area contributed by atoms with E-state index in [4.69, 9.17) is 4.98 Å². The van der Waals surface area contributed by atoms with Crippen molar-refractivity contribution in [2.24, 2.45) is 0 Å². The zero-order valence-electron chi connectivity index (χ0n) is 18.3. The van der Waals surface area contributed by atoms with Gasteiger partial charge in [-0.3, -0.25) is 14.6 Å². The quantitative estimate of drug-likeness (QED) is 0.727. The van der Waals surface area contributed by atoms with E-state index in [0.717, 1.165) is 30.8 Å². The number of carbonyl (C=O) groups excluding carboxylic acids is 2. The van der Waals surface area contributed by atoms with Crippen LogP contribution >= 0.6 is 0 Å². The Labute approximate surface area is 183 Å². The molecule has 3 heterocycles. The van der Waals surface area contributed by atoms with Gasteiger partial charge in [0.1, 0.15) is 5.82 Å². The maximum absolute atomic E-state index is 14.0. The topological polar surface area (TPSA) is 53.5 Å². The summed E-state index contributed by atoms with van der Waals surface area (Å²) >= 11 is 0. The van der Waals surface area contributed by atoms with E-state index in [9.17, 15) is 14.0 Å². The molecule has 31 heavy (non-hydrogen) atoms. The summed E-state index contributed by atoms with van der Waals surface area (Å²) in [5.74, 6) is -0.575. The van der Waals surface area contributed by atoms with Crippen LogP contribution in [0.5, 0.6) is 0 Å². The van der Waals surface area contributed by atoms with Gasteiger partial charge in [-0.15, -0.1) is 0 Å². The molecule has 1 aromatic heterocycles. The Balaban J connectivity index is 1.51. The molecule has 2 saturated heterocycles. The predicted octanol–water partition coefficient (Wildman–Crippen LogP) is 4.56. The summed E-state index contributed by atoms with van der Waals surface area (Å²) in [7, 11) is 0. The van der Waals surface area contributed by atoms with Crippen LogP contribution in [0.15, 0.2) is 36.4 Å². The third kappa shape index (κ3) is 4.48. The highest BCUT2D eigenvalue weighted by Gasteiger charge is 2.31. The molecule has 1 aromatic carbocycles. The van der Waals surface area contributed by atoms with Crippen molar-refractivity contribution < 1.29 is 14.0 Å². The maximum Gasteiger partial charge on any atom is 0.256 e. The maximum atomic E-state index is 14.0. The third-order valence-electron chi connectivity index (χ3n) is 6.63. The van der Waals surface area contributed by atoms with Crippen LogP contribution < -0.4 is 0 Å². The van der Waals surface area contributed by atoms with Gasteiger partial charge in [-0.25, -0.2) is 4.39 Å². The van der Waals surface area contributed by atoms with E-state index in [2.05, 4.69) is 6.92 Å². The Hall–Kier alpha value is -2.76. The first-order chi connectivity index (χ1) is 15.0. The molecule has 164 valence electrons. The summed E-state index contributed by atoms with van der Waals surface area (Å²) < 4.78 is 14.0. The molecule has 1 unspecified atom stereocenters. The van der Waals surface area contributed by atoms with Crippen molar-refractivity contribution in [3.05, 3.63) is 64.7 Å². The smallest absolute Gasteiger partial charge is 0.256 e. The predicted molar refractivity (Wildman–Crippen MR) is 118 cm³/mol. The Kier molecular flexibility index (Phi) is 6.35. The molecule has 0 bridgehead atoms. The minimum atomic E-state index is -0.487. The lowest BCUT2D eigenvalue weighted by atomic mass is 9.89. The first kappa shape index (κ1) is 21.5. The average molecular weight is 424 g/mol. The van der Waals surface area contributed by atoms with Gasteiger partial charge in [0.15, 0.2) is 0 Å². The minimum Gasteiger partial charge on any atom is -0.339 e. The molecule has 0 N–H and O–H groups in total.